The lowest BCUT2D eigenvalue weighted by molar-refractivity contribution is 0.631. The van der Waals surface area contributed by atoms with Crippen LogP contribution in [-0.4, -0.2) is 19.5 Å². The maximum absolute atomic E-state index is 15.8. The van der Waals surface area contributed by atoms with Crippen molar-refractivity contribution in [1.29, 1.82) is 0 Å². The molecule has 2 heterocycles. The van der Waals surface area contributed by atoms with Gasteiger partial charge in [-0.05, 0) is 59.2 Å². The molecule has 0 aliphatic rings. The van der Waals surface area contributed by atoms with E-state index in [2.05, 4.69) is 83.4 Å². The quantitative estimate of drug-likeness (QED) is 0.181. The third-order valence-electron chi connectivity index (χ3n) is 9.15. The van der Waals surface area contributed by atoms with Gasteiger partial charge in [0.2, 0.25) is 0 Å². The van der Waals surface area contributed by atoms with Gasteiger partial charge in [-0.1, -0.05) is 133 Å². The van der Waals surface area contributed by atoms with Crippen molar-refractivity contribution >= 4 is 21.8 Å². The fourth-order valence-corrected chi connectivity index (χ4v) is 6.76. The molecule has 0 fully saturated rings. The van der Waals surface area contributed by atoms with Crippen LogP contribution in [0.5, 0.6) is 0 Å². The zero-order chi connectivity index (χ0) is 33.4. The summed E-state index contributed by atoms with van der Waals surface area (Å²) in [5.74, 6) is 1.25. The molecule has 0 amide bonds. The summed E-state index contributed by atoms with van der Waals surface area (Å²) in [4.78, 5) is 14.9. The van der Waals surface area contributed by atoms with Gasteiger partial charge in [0.05, 0.1) is 11.0 Å². The number of halogens is 1. The number of hydrogen-bond donors (Lipinski definition) is 0. The summed E-state index contributed by atoms with van der Waals surface area (Å²) in [6, 6.07) is 58.2. The minimum atomic E-state index is -0.318. The van der Waals surface area contributed by atoms with Crippen molar-refractivity contribution in [2.45, 2.75) is 0 Å². The highest BCUT2D eigenvalue weighted by molar-refractivity contribution is 6.10. The first-order valence-electron chi connectivity index (χ1n) is 16.6. The standard InChI is InChI=1S/C45H29FN4/c46-40-22-12-10-20-35(40)38-29-34(50-41-23-13-11-21-36(41)39-28-33(24-27-42(39)50)30-14-4-1-5-15-30)25-26-37(38)45-48-43(31-16-6-2-7-17-31)47-44(49-45)32-18-8-3-9-19-32/h1-29H. The topological polar surface area (TPSA) is 43.6 Å². The summed E-state index contributed by atoms with van der Waals surface area (Å²) < 4.78 is 18.0. The summed E-state index contributed by atoms with van der Waals surface area (Å²) >= 11 is 0. The first-order valence-corrected chi connectivity index (χ1v) is 16.6. The highest BCUT2D eigenvalue weighted by atomic mass is 19.1. The molecule has 0 atom stereocenters. The molecule has 0 saturated heterocycles. The van der Waals surface area contributed by atoms with Gasteiger partial charge in [0.15, 0.2) is 17.5 Å². The van der Waals surface area contributed by atoms with Gasteiger partial charge in [-0.25, -0.2) is 19.3 Å². The van der Waals surface area contributed by atoms with Crippen LogP contribution in [0.15, 0.2) is 176 Å². The molecule has 0 aliphatic carbocycles. The Labute approximate surface area is 288 Å². The second-order valence-corrected chi connectivity index (χ2v) is 12.2. The molecule has 236 valence electrons. The highest BCUT2D eigenvalue weighted by Gasteiger charge is 2.20. The Morgan fingerprint density at radius 2 is 0.920 bits per heavy atom. The molecule has 0 unspecified atom stereocenters. The molecule has 50 heavy (non-hydrogen) atoms. The minimum Gasteiger partial charge on any atom is -0.309 e. The monoisotopic (exact) mass is 644 g/mol. The lowest BCUT2D eigenvalue weighted by Crippen LogP contribution is -2.02. The van der Waals surface area contributed by atoms with E-state index in [1.807, 2.05) is 84.9 Å². The average Bonchev–Trinajstić information content (AvgIpc) is 3.52. The highest BCUT2D eigenvalue weighted by Crippen LogP contribution is 2.39. The average molecular weight is 645 g/mol. The predicted octanol–water partition coefficient (Wildman–Crippen LogP) is 11.4. The molecule has 9 aromatic rings. The second kappa shape index (κ2) is 12.4. The lowest BCUT2D eigenvalue weighted by Gasteiger charge is -2.16. The normalized spacial score (nSPS) is 11.3. The van der Waals surface area contributed by atoms with Crippen molar-refractivity contribution in [2.75, 3.05) is 0 Å². The van der Waals surface area contributed by atoms with Crippen molar-refractivity contribution in [3.8, 4) is 62.1 Å². The van der Waals surface area contributed by atoms with Crippen LogP contribution in [0.3, 0.4) is 0 Å². The van der Waals surface area contributed by atoms with E-state index >= 15 is 4.39 Å². The molecule has 2 aromatic heterocycles. The fourth-order valence-electron chi connectivity index (χ4n) is 6.76. The van der Waals surface area contributed by atoms with Crippen LogP contribution in [0, 0.1) is 5.82 Å². The van der Waals surface area contributed by atoms with E-state index in [1.54, 1.807) is 6.07 Å². The zero-order valence-corrected chi connectivity index (χ0v) is 26.9. The van der Waals surface area contributed by atoms with Crippen LogP contribution in [0.2, 0.25) is 0 Å². The van der Waals surface area contributed by atoms with Crippen LogP contribution >= 0.6 is 0 Å². The van der Waals surface area contributed by atoms with Crippen LogP contribution < -0.4 is 0 Å². The molecule has 5 heteroatoms. The largest absolute Gasteiger partial charge is 0.309 e. The Hall–Kier alpha value is -6.72. The maximum atomic E-state index is 15.8. The number of para-hydroxylation sites is 1. The number of hydrogen-bond acceptors (Lipinski definition) is 3. The molecule has 0 N–H and O–H groups in total. The van der Waals surface area contributed by atoms with Gasteiger partial charge in [0, 0.05) is 38.7 Å². The van der Waals surface area contributed by atoms with E-state index in [0.29, 0.717) is 34.2 Å². The third kappa shape index (κ3) is 5.22. The fraction of sp³-hybridized carbons (Fsp3) is 0. The summed E-state index contributed by atoms with van der Waals surface area (Å²) in [6.45, 7) is 0. The number of fused-ring (bicyclic) bond motifs is 3. The second-order valence-electron chi connectivity index (χ2n) is 12.2. The lowest BCUT2D eigenvalue weighted by atomic mass is 9.97. The molecule has 0 radical (unpaired) electrons. The molecule has 0 spiro atoms. The minimum absolute atomic E-state index is 0.318. The molecule has 4 nitrogen and oxygen atoms in total. The Morgan fingerprint density at radius 3 is 1.60 bits per heavy atom. The number of rotatable bonds is 6. The van der Waals surface area contributed by atoms with Crippen LogP contribution in [-0.2, 0) is 0 Å². The first kappa shape index (κ1) is 29.4. The molecular weight excluding hydrogens is 616 g/mol. The van der Waals surface area contributed by atoms with Crippen molar-refractivity contribution in [2.24, 2.45) is 0 Å². The predicted molar refractivity (Wildman–Crippen MR) is 201 cm³/mol. The van der Waals surface area contributed by atoms with E-state index in [0.717, 1.165) is 44.2 Å². The zero-order valence-electron chi connectivity index (χ0n) is 26.9. The van der Waals surface area contributed by atoms with Crippen molar-refractivity contribution in [3.63, 3.8) is 0 Å². The van der Waals surface area contributed by atoms with E-state index in [-0.39, 0.29) is 5.82 Å². The van der Waals surface area contributed by atoms with E-state index in [1.165, 1.54) is 11.6 Å². The summed E-state index contributed by atoms with van der Waals surface area (Å²) in [7, 11) is 0. The molecule has 9 rings (SSSR count). The van der Waals surface area contributed by atoms with Gasteiger partial charge < -0.3 is 4.57 Å². The van der Waals surface area contributed by atoms with Crippen molar-refractivity contribution < 1.29 is 4.39 Å². The van der Waals surface area contributed by atoms with E-state index in [9.17, 15) is 0 Å². The van der Waals surface area contributed by atoms with Crippen LogP contribution in [0.25, 0.3) is 83.9 Å². The van der Waals surface area contributed by atoms with Crippen molar-refractivity contribution in [1.82, 2.24) is 19.5 Å². The van der Waals surface area contributed by atoms with Gasteiger partial charge in [0.1, 0.15) is 5.82 Å². The van der Waals surface area contributed by atoms with Crippen LogP contribution in [0.1, 0.15) is 0 Å². The molecular formula is C45H29FN4. The molecule has 0 bridgehead atoms. The van der Waals surface area contributed by atoms with Crippen molar-refractivity contribution in [3.05, 3.63) is 182 Å². The summed E-state index contributed by atoms with van der Waals surface area (Å²) in [5.41, 5.74) is 8.98. The van der Waals surface area contributed by atoms with Gasteiger partial charge in [0.25, 0.3) is 0 Å². The molecule has 0 aliphatic heterocycles. The Bertz CT molecular complexity index is 2590. The number of aromatic nitrogens is 4. The smallest absolute Gasteiger partial charge is 0.164 e. The molecule has 0 saturated carbocycles. The Balaban J connectivity index is 1.29. The Morgan fingerprint density at radius 1 is 0.360 bits per heavy atom. The first-order chi connectivity index (χ1) is 24.7. The van der Waals surface area contributed by atoms with E-state index in [4.69, 9.17) is 15.0 Å². The number of nitrogens with zero attached hydrogens (tertiary/aromatic N) is 4. The molecule has 7 aromatic carbocycles. The third-order valence-corrected chi connectivity index (χ3v) is 9.15. The van der Waals surface area contributed by atoms with Gasteiger partial charge in [-0.2, -0.15) is 0 Å². The number of benzene rings is 7. The maximum Gasteiger partial charge on any atom is 0.164 e. The Kier molecular flexibility index (Phi) is 7.29. The summed E-state index contributed by atoms with van der Waals surface area (Å²) in [5, 5.41) is 2.30. The van der Waals surface area contributed by atoms with Gasteiger partial charge in [-0.15, -0.1) is 0 Å². The van der Waals surface area contributed by atoms with E-state index < -0.39 is 0 Å². The van der Waals surface area contributed by atoms with Crippen LogP contribution in [0.4, 0.5) is 4.39 Å². The van der Waals surface area contributed by atoms with Gasteiger partial charge >= 0.3 is 0 Å². The summed E-state index contributed by atoms with van der Waals surface area (Å²) in [6.07, 6.45) is 0. The van der Waals surface area contributed by atoms with Gasteiger partial charge in [-0.3, -0.25) is 0 Å². The SMILES string of the molecule is Fc1ccccc1-c1cc(-n2c3ccccc3c3cc(-c4ccccc4)ccc32)ccc1-c1nc(-c2ccccc2)nc(-c2ccccc2)n1.